The third-order valence-electron chi connectivity index (χ3n) is 0.928. The second-order valence-corrected chi connectivity index (χ2v) is 2.61. The number of carboxylic acids is 1. The Hall–Kier alpha value is -0.900. The van der Waals surface area contributed by atoms with Gasteiger partial charge >= 0.3 is 5.97 Å². The van der Waals surface area contributed by atoms with E-state index in [2.05, 4.69) is 4.99 Å². The number of carboxylic acid groups (broad SMARTS) is 1. The fourth-order valence-electron chi connectivity index (χ4n) is 0.302. The summed E-state index contributed by atoms with van der Waals surface area (Å²) in [4.78, 5) is 24.0. The molecule has 0 aliphatic rings. The summed E-state index contributed by atoms with van der Waals surface area (Å²) in [6.45, 7) is 2.67. The number of carbonyl (C=O) groups excluding carboxylic acids is 1. The van der Waals surface area contributed by atoms with E-state index in [0.717, 1.165) is 0 Å². The number of hydrogen-bond acceptors (Lipinski definition) is 2. The summed E-state index contributed by atoms with van der Waals surface area (Å²) < 4.78 is 0. The average Bonchev–Trinajstić information content (AvgIpc) is 1.87. The van der Waals surface area contributed by atoms with Crippen molar-refractivity contribution in [2.45, 2.75) is 19.2 Å². The number of aliphatic imine (C=N–C) groups is 1. The lowest BCUT2D eigenvalue weighted by molar-refractivity contribution is -0.129. The predicted octanol–water partition coefficient (Wildman–Crippen LogP) is 0.686. The summed E-state index contributed by atoms with van der Waals surface area (Å²) in [7, 11) is 0. The molecular weight excluding hydrogens is 170 g/mol. The van der Waals surface area contributed by atoms with Crippen LogP contribution in [-0.4, -0.2) is 28.1 Å². The molecule has 0 spiro atoms. The van der Waals surface area contributed by atoms with E-state index in [1.165, 1.54) is 13.8 Å². The van der Waals surface area contributed by atoms with E-state index in [4.69, 9.17) is 16.7 Å². The fourth-order valence-corrected chi connectivity index (χ4v) is 0.351. The van der Waals surface area contributed by atoms with Crippen LogP contribution in [-0.2, 0) is 9.59 Å². The number of rotatable bonds is 2. The molecule has 0 aromatic carbocycles. The maximum Gasteiger partial charge on any atom is 0.350 e. The summed E-state index contributed by atoms with van der Waals surface area (Å²) in [5.41, 5.74) is -0.248. The van der Waals surface area contributed by atoms with Gasteiger partial charge in [-0.1, -0.05) is 0 Å². The molecule has 5 heteroatoms. The molecule has 0 aromatic heterocycles. The van der Waals surface area contributed by atoms with Gasteiger partial charge in [-0.15, -0.1) is 11.6 Å². The molecule has 0 rings (SSSR count). The van der Waals surface area contributed by atoms with Crippen molar-refractivity contribution < 1.29 is 14.7 Å². The van der Waals surface area contributed by atoms with Gasteiger partial charge in [-0.3, -0.25) is 4.79 Å². The van der Waals surface area contributed by atoms with Crippen molar-refractivity contribution in [1.29, 1.82) is 0 Å². The Bertz CT molecular complexity index is 210. The molecule has 1 N–H and O–H groups in total. The molecular formula is C6H8ClNO3. The van der Waals surface area contributed by atoms with Gasteiger partial charge in [0.15, 0.2) is 0 Å². The van der Waals surface area contributed by atoms with E-state index < -0.39 is 17.3 Å². The van der Waals surface area contributed by atoms with E-state index in [1.54, 1.807) is 0 Å². The van der Waals surface area contributed by atoms with Gasteiger partial charge in [-0.25, -0.2) is 9.79 Å². The lowest BCUT2D eigenvalue weighted by Gasteiger charge is -1.95. The number of carbonyl (C=O) groups is 2. The second-order valence-electron chi connectivity index (χ2n) is 1.96. The van der Waals surface area contributed by atoms with Crippen LogP contribution < -0.4 is 0 Å². The van der Waals surface area contributed by atoms with Crippen LogP contribution in [0.2, 0.25) is 0 Å². The molecule has 1 atom stereocenters. The van der Waals surface area contributed by atoms with Crippen molar-refractivity contribution in [3.8, 4) is 0 Å². The zero-order valence-corrected chi connectivity index (χ0v) is 6.92. The first-order valence-electron chi connectivity index (χ1n) is 2.91. The van der Waals surface area contributed by atoms with Gasteiger partial charge in [-0.2, -0.15) is 0 Å². The van der Waals surface area contributed by atoms with E-state index >= 15 is 0 Å². The molecule has 0 aliphatic carbocycles. The van der Waals surface area contributed by atoms with Crippen molar-refractivity contribution in [1.82, 2.24) is 0 Å². The highest BCUT2D eigenvalue weighted by atomic mass is 35.5. The minimum atomic E-state index is -1.21. The molecule has 0 aromatic rings. The lowest BCUT2D eigenvalue weighted by atomic mass is 10.4. The van der Waals surface area contributed by atoms with Crippen LogP contribution >= 0.6 is 11.6 Å². The van der Waals surface area contributed by atoms with E-state index in [1.807, 2.05) is 0 Å². The zero-order valence-electron chi connectivity index (χ0n) is 6.17. The highest BCUT2D eigenvalue weighted by molar-refractivity contribution is 6.38. The Morgan fingerprint density at radius 1 is 1.55 bits per heavy atom. The Morgan fingerprint density at radius 3 is 2.27 bits per heavy atom. The minimum Gasteiger partial charge on any atom is -0.477 e. The lowest BCUT2D eigenvalue weighted by Crippen LogP contribution is -2.14. The molecule has 62 valence electrons. The summed E-state index contributed by atoms with van der Waals surface area (Å²) in [5, 5.41) is 7.51. The molecule has 4 nitrogen and oxygen atoms in total. The molecule has 0 unspecified atom stereocenters. The maximum atomic E-state index is 10.7. The average molecular weight is 178 g/mol. The summed E-state index contributed by atoms with van der Waals surface area (Å²) in [6, 6.07) is 0. The quantitative estimate of drug-likeness (QED) is 0.499. The van der Waals surface area contributed by atoms with Crippen LogP contribution in [0.25, 0.3) is 0 Å². The van der Waals surface area contributed by atoms with Crippen molar-refractivity contribution in [2.75, 3.05) is 0 Å². The van der Waals surface area contributed by atoms with Crippen LogP contribution in [0.3, 0.4) is 0 Å². The highest BCUT2D eigenvalue weighted by Crippen LogP contribution is 1.96. The number of nitrogens with zero attached hydrogens (tertiary/aromatic N) is 1. The predicted molar refractivity (Wildman–Crippen MR) is 41.1 cm³/mol. The standard InChI is InChI=1S/C6H8ClNO3/c1-3(7)5(9)8-4(2)6(10)11/h3H,1-2H3,(H,10,11)/t3-/m1/s1. The molecule has 0 fully saturated rings. The summed E-state index contributed by atoms with van der Waals surface area (Å²) >= 11 is 5.33. The molecule has 0 aliphatic heterocycles. The number of hydrogen-bond donors (Lipinski definition) is 1. The van der Waals surface area contributed by atoms with Crippen molar-refractivity contribution in [2.24, 2.45) is 4.99 Å². The molecule has 0 radical (unpaired) electrons. The van der Waals surface area contributed by atoms with Gasteiger partial charge in [-0.05, 0) is 13.8 Å². The van der Waals surface area contributed by atoms with E-state index in [9.17, 15) is 9.59 Å². The zero-order chi connectivity index (χ0) is 9.02. The number of alkyl halides is 1. The van der Waals surface area contributed by atoms with Crippen LogP contribution in [0, 0.1) is 0 Å². The molecule has 0 bridgehead atoms. The third kappa shape index (κ3) is 3.72. The largest absolute Gasteiger partial charge is 0.477 e. The van der Waals surface area contributed by atoms with Gasteiger partial charge in [0.05, 0.1) is 0 Å². The minimum absolute atomic E-state index is 0.248. The topological polar surface area (TPSA) is 66.7 Å². The second kappa shape index (κ2) is 4.08. The first-order valence-corrected chi connectivity index (χ1v) is 3.35. The van der Waals surface area contributed by atoms with Gasteiger partial charge in [0, 0.05) is 0 Å². The molecule has 0 saturated carbocycles. The smallest absolute Gasteiger partial charge is 0.350 e. The number of aliphatic carboxylic acids is 1. The van der Waals surface area contributed by atoms with E-state index in [-0.39, 0.29) is 5.71 Å². The Balaban J connectivity index is 4.32. The normalized spacial score (nSPS) is 14.3. The van der Waals surface area contributed by atoms with Gasteiger partial charge < -0.3 is 5.11 Å². The third-order valence-corrected chi connectivity index (χ3v) is 1.11. The van der Waals surface area contributed by atoms with Crippen LogP contribution in [0.1, 0.15) is 13.8 Å². The number of halogens is 1. The van der Waals surface area contributed by atoms with Gasteiger partial charge in [0.2, 0.25) is 0 Å². The number of amides is 1. The molecule has 0 heterocycles. The SMILES string of the molecule is CC(=NC(=O)[C@@H](C)Cl)C(=O)O. The summed E-state index contributed by atoms with van der Waals surface area (Å²) in [5.74, 6) is -1.85. The molecule has 11 heavy (non-hydrogen) atoms. The molecule has 0 saturated heterocycles. The Kier molecular flexibility index (Phi) is 3.74. The van der Waals surface area contributed by atoms with Gasteiger partial charge in [0.25, 0.3) is 5.91 Å². The maximum absolute atomic E-state index is 10.7. The van der Waals surface area contributed by atoms with Crippen LogP contribution in [0.5, 0.6) is 0 Å². The van der Waals surface area contributed by atoms with Crippen molar-refractivity contribution in [3.63, 3.8) is 0 Å². The first-order chi connectivity index (χ1) is 4.95. The monoisotopic (exact) mass is 177 g/mol. The van der Waals surface area contributed by atoms with Crippen LogP contribution in [0.15, 0.2) is 4.99 Å². The fraction of sp³-hybridized carbons (Fsp3) is 0.500. The van der Waals surface area contributed by atoms with Crippen molar-refractivity contribution in [3.05, 3.63) is 0 Å². The van der Waals surface area contributed by atoms with E-state index in [0.29, 0.717) is 0 Å². The first kappa shape index (κ1) is 10.1. The molecule has 1 amide bonds. The van der Waals surface area contributed by atoms with Gasteiger partial charge in [0.1, 0.15) is 11.1 Å². The highest BCUT2D eigenvalue weighted by Gasteiger charge is 2.10. The summed E-state index contributed by atoms with van der Waals surface area (Å²) in [6.07, 6.45) is 0. The Morgan fingerprint density at radius 2 is 2.00 bits per heavy atom. The Labute approximate surface area is 68.9 Å². The van der Waals surface area contributed by atoms with Crippen LogP contribution in [0.4, 0.5) is 0 Å². The van der Waals surface area contributed by atoms with Crippen molar-refractivity contribution >= 4 is 29.2 Å².